The number of aliphatic hydroxyl groups is 1. The molecule has 0 aromatic heterocycles. The molecule has 10 atom stereocenters. The zero-order chi connectivity index (χ0) is 32.6. The van der Waals surface area contributed by atoms with Crippen molar-refractivity contribution in [1.82, 2.24) is 4.90 Å². The van der Waals surface area contributed by atoms with Gasteiger partial charge >= 0.3 is 17.9 Å². The predicted octanol–water partition coefficient (Wildman–Crippen LogP) is 4.42. The first kappa shape index (κ1) is 32.4. The van der Waals surface area contributed by atoms with Crippen molar-refractivity contribution in [2.24, 2.45) is 33.5 Å². The Hall–Kier alpha value is -3.04. The summed E-state index contributed by atoms with van der Waals surface area (Å²) in [6.45, 7) is 15.0. The zero-order valence-electron chi connectivity index (χ0n) is 27.2. The number of hydrogen-bond donors (Lipinski definition) is 1. The molecule has 2 spiro atoms. The maximum absolute atomic E-state index is 13.8. The van der Waals surface area contributed by atoms with Gasteiger partial charge in [0.1, 0.15) is 24.1 Å². The van der Waals surface area contributed by atoms with Crippen LogP contribution in [0.3, 0.4) is 0 Å². The summed E-state index contributed by atoms with van der Waals surface area (Å²) in [6.07, 6.45) is -2.82. The van der Waals surface area contributed by atoms with Gasteiger partial charge in [-0.1, -0.05) is 64.6 Å². The Morgan fingerprint density at radius 2 is 1.61 bits per heavy atom. The predicted molar refractivity (Wildman–Crippen MR) is 162 cm³/mol. The molecule has 0 radical (unpaired) electrons. The normalized spacial score (nSPS) is 39.3. The van der Waals surface area contributed by atoms with E-state index in [4.69, 9.17) is 14.2 Å². The highest BCUT2D eigenvalue weighted by Crippen LogP contribution is 2.86. The van der Waals surface area contributed by atoms with Crippen LogP contribution in [0.25, 0.3) is 0 Å². The molecule has 0 saturated heterocycles. The van der Waals surface area contributed by atoms with Crippen LogP contribution in [0, 0.1) is 33.5 Å². The van der Waals surface area contributed by atoms with Crippen LogP contribution in [-0.4, -0.2) is 72.2 Å². The van der Waals surface area contributed by atoms with Crippen molar-refractivity contribution in [2.45, 2.75) is 97.7 Å². The minimum Gasteiger partial charge on any atom is -0.461 e. The Bertz CT molecular complexity index is 1370. The van der Waals surface area contributed by atoms with Gasteiger partial charge in [0.05, 0.1) is 17.9 Å². The molecule has 4 saturated carbocycles. The summed E-state index contributed by atoms with van der Waals surface area (Å²) in [5.41, 5.74) is -2.66. The van der Waals surface area contributed by atoms with E-state index >= 15 is 0 Å². The molecule has 0 aliphatic heterocycles. The Morgan fingerprint density at radius 3 is 2.18 bits per heavy atom. The highest BCUT2D eigenvalue weighted by atomic mass is 16.6. The number of carbonyl (C=O) groups excluding carboxylic acids is 4. The first-order chi connectivity index (χ1) is 20.5. The molecular formula is C35H47NO8. The number of nitrogens with zero attached hydrogens (tertiary/aromatic N) is 1. The van der Waals surface area contributed by atoms with E-state index in [0.29, 0.717) is 18.4 Å². The number of ketones is 1. The number of benzene rings is 1. The van der Waals surface area contributed by atoms with Crippen LogP contribution < -0.4 is 0 Å². The van der Waals surface area contributed by atoms with Crippen LogP contribution >= 0.6 is 0 Å². The number of hydrogen-bond acceptors (Lipinski definition) is 9. The zero-order valence-corrected chi connectivity index (χ0v) is 27.2. The van der Waals surface area contributed by atoms with Crippen molar-refractivity contribution in [1.29, 1.82) is 0 Å². The van der Waals surface area contributed by atoms with Gasteiger partial charge in [0, 0.05) is 49.0 Å². The number of rotatable bonds is 7. The SMILES string of the molecule is C=C1C(OC(=O)CC(c2ccccc2)N(C)C)CCC2(C)C(O)C(OC(C)=O)C34C(C)C(=O)CC(C(OC(C)=O)C123)C4(C)C. The Morgan fingerprint density at radius 1 is 1.02 bits per heavy atom. The summed E-state index contributed by atoms with van der Waals surface area (Å²) < 4.78 is 18.5. The van der Waals surface area contributed by atoms with Crippen LogP contribution in [0.4, 0.5) is 0 Å². The average molecular weight is 610 g/mol. The van der Waals surface area contributed by atoms with Gasteiger partial charge in [0.2, 0.25) is 0 Å². The molecule has 2 bridgehead atoms. The molecule has 0 heterocycles. The summed E-state index contributed by atoms with van der Waals surface area (Å²) in [4.78, 5) is 54.9. The summed E-state index contributed by atoms with van der Waals surface area (Å²) in [6, 6.07) is 9.53. The second-order valence-corrected chi connectivity index (χ2v) is 14.5. The topological polar surface area (TPSA) is 119 Å². The van der Waals surface area contributed by atoms with Crippen LogP contribution in [-0.2, 0) is 33.4 Å². The van der Waals surface area contributed by atoms with Crippen molar-refractivity contribution in [2.75, 3.05) is 14.1 Å². The minimum absolute atomic E-state index is 0.0411. The summed E-state index contributed by atoms with van der Waals surface area (Å²) in [5.74, 6) is -2.63. The number of esters is 3. The molecule has 4 aliphatic rings. The maximum Gasteiger partial charge on any atom is 0.308 e. The summed E-state index contributed by atoms with van der Waals surface area (Å²) in [5, 5.41) is 12.2. The number of Topliss-reactive ketones (excluding diaryl/α,β-unsaturated/α-hetero) is 1. The van der Waals surface area contributed by atoms with Gasteiger partial charge in [-0.2, -0.15) is 0 Å². The quantitative estimate of drug-likeness (QED) is 0.272. The lowest BCUT2D eigenvalue weighted by Gasteiger charge is -2.60. The fourth-order valence-electron chi connectivity index (χ4n) is 10.6. The first-order valence-corrected chi connectivity index (χ1v) is 15.6. The van der Waals surface area contributed by atoms with Crippen molar-refractivity contribution in [3.8, 4) is 0 Å². The van der Waals surface area contributed by atoms with Gasteiger partial charge in [-0.05, 0) is 43.5 Å². The second-order valence-electron chi connectivity index (χ2n) is 14.5. The Balaban J connectivity index is 1.64. The molecule has 44 heavy (non-hydrogen) atoms. The monoisotopic (exact) mass is 609 g/mol. The fourth-order valence-corrected chi connectivity index (χ4v) is 10.6. The van der Waals surface area contributed by atoms with Crippen LogP contribution in [0.2, 0.25) is 0 Å². The molecule has 1 N–H and O–H groups in total. The molecular weight excluding hydrogens is 562 g/mol. The smallest absolute Gasteiger partial charge is 0.308 e. The molecule has 9 heteroatoms. The second kappa shape index (κ2) is 10.8. The fraction of sp³-hybridized carbons (Fsp3) is 0.657. The lowest BCUT2D eigenvalue weighted by Crippen LogP contribution is -2.63. The summed E-state index contributed by atoms with van der Waals surface area (Å²) in [7, 11) is 3.83. The average Bonchev–Trinajstić information content (AvgIpc) is 3.17. The van der Waals surface area contributed by atoms with E-state index in [-0.39, 0.29) is 24.7 Å². The molecule has 1 aromatic carbocycles. The third-order valence-electron chi connectivity index (χ3n) is 12.2. The summed E-state index contributed by atoms with van der Waals surface area (Å²) >= 11 is 0. The highest BCUT2D eigenvalue weighted by molar-refractivity contribution is 5.85. The number of ether oxygens (including phenoxy) is 3. The van der Waals surface area contributed by atoms with Gasteiger partial charge in [-0.15, -0.1) is 0 Å². The first-order valence-electron chi connectivity index (χ1n) is 15.6. The molecule has 0 amide bonds. The van der Waals surface area contributed by atoms with Crippen molar-refractivity contribution in [3.63, 3.8) is 0 Å². The van der Waals surface area contributed by atoms with Gasteiger partial charge in [-0.3, -0.25) is 19.2 Å². The van der Waals surface area contributed by atoms with E-state index in [1.54, 1.807) is 0 Å². The van der Waals surface area contributed by atoms with Gasteiger partial charge in [0.25, 0.3) is 0 Å². The van der Waals surface area contributed by atoms with E-state index in [0.717, 1.165) is 5.56 Å². The molecule has 1 aromatic rings. The van der Waals surface area contributed by atoms with Crippen LogP contribution in [0.1, 0.15) is 78.8 Å². The standard InChI is InChI=1S/C35H47NO8/c1-19-26(39)17-24-30(42-21(3)37)35-20(2)27(44-28(40)18-25(36(8)9)23-13-11-10-12-14-23)15-16-33(35,7)29(41)31(43-22(4)38)34(19,35)32(24,5)6/h10-14,19,24-25,27,29-31,41H,2,15-18H2,1,3-9H3. The molecule has 240 valence electrons. The van der Waals surface area contributed by atoms with Gasteiger partial charge in [0.15, 0.2) is 0 Å². The van der Waals surface area contributed by atoms with Gasteiger partial charge < -0.3 is 24.2 Å². The van der Waals surface area contributed by atoms with E-state index < -0.39 is 75.8 Å². The van der Waals surface area contributed by atoms with Crippen LogP contribution in [0.15, 0.2) is 42.5 Å². The minimum atomic E-state index is -1.23. The molecule has 5 rings (SSSR count). The lowest BCUT2D eigenvalue weighted by atomic mass is 9.42. The third kappa shape index (κ3) is 4.03. The molecule has 9 nitrogen and oxygen atoms in total. The Labute approximate surface area is 260 Å². The molecule has 4 fully saturated rings. The van der Waals surface area contributed by atoms with Crippen LogP contribution in [0.5, 0.6) is 0 Å². The number of fused-ring (bicyclic) bond motifs is 1. The van der Waals surface area contributed by atoms with E-state index in [1.165, 1.54) is 13.8 Å². The largest absolute Gasteiger partial charge is 0.461 e. The van der Waals surface area contributed by atoms with Crippen molar-refractivity contribution in [3.05, 3.63) is 48.0 Å². The van der Waals surface area contributed by atoms with E-state index in [2.05, 4.69) is 6.58 Å². The number of aliphatic hydroxyl groups excluding tert-OH is 1. The van der Waals surface area contributed by atoms with E-state index in [9.17, 15) is 24.3 Å². The van der Waals surface area contributed by atoms with Crippen molar-refractivity contribution < 1.29 is 38.5 Å². The number of carbonyl (C=O) groups is 4. The molecule has 10 unspecified atom stereocenters. The van der Waals surface area contributed by atoms with E-state index in [1.807, 2.05) is 77.0 Å². The molecule has 4 aliphatic carbocycles. The lowest BCUT2D eigenvalue weighted by molar-refractivity contribution is -0.191. The van der Waals surface area contributed by atoms with Gasteiger partial charge in [-0.25, -0.2) is 0 Å². The highest BCUT2D eigenvalue weighted by Gasteiger charge is 2.91. The van der Waals surface area contributed by atoms with Crippen molar-refractivity contribution >= 4 is 23.7 Å². The Kier molecular flexibility index (Phi) is 7.94. The maximum atomic E-state index is 13.8. The third-order valence-corrected chi connectivity index (χ3v) is 12.2.